The third kappa shape index (κ3) is 3.18. The number of hydrogen-bond donors (Lipinski definition) is 1. The van der Waals surface area contributed by atoms with E-state index in [1.165, 1.54) is 13.2 Å². The molecule has 0 unspecified atom stereocenters. The molecule has 2 rings (SSSR count). The number of nitrogen functional groups attached to an aromatic ring is 1. The fraction of sp³-hybridized carbons (Fsp3) is 0.214. The summed E-state index contributed by atoms with van der Waals surface area (Å²) in [5.41, 5.74) is 4.77. The molecule has 0 atom stereocenters. The van der Waals surface area contributed by atoms with Crippen molar-refractivity contribution in [2.75, 3.05) is 12.8 Å². The maximum atomic E-state index is 12.9. The van der Waals surface area contributed by atoms with Crippen molar-refractivity contribution >= 4 is 5.69 Å². The average Bonchev–Trinajstić information content (AvgIpc) is 2.40. The first-order valence-electron chi connectivity index (χ1n) is 6.02. The summed E-state index contributed by atoms with van der Waals surface area (Å²) in [4.78, 5) is 11.7. The van der Waals surface area contributed by atoms with Crippen molar-refractivity contribution in [3.63, 3.8) is 0 Å². The molecule has 4 nitrogen and oxygen atoms in total. The number of halogens is 3. The molecule has 7 heteroatoms. The van der Waals surface area contributed by atoms with Crippen molar-refractivity contribution in [3.05, 3.63) is 58.0 Å². The van der Waals surface area contributed by atoms with Crippen LogP contribution in [0.3, 0.4) is 0 Å². The highest BCUT2D eigenvalue weighted by Crippen LogP contribution is 2.29. The fourth-order valence-electron chi connectivity index (χ4n) is 2.00. The second-order valence-corrected chi connectivity index (χ2v) is 4.41. The molecule has 0 saturated heterocycles. The van der Waals surface area contributed by atoms with E-state index >= 15 is 0 Å². The fourth-order valence-corrected chi connectivity index (χ4v) is 2.00. The number of ether oxygens (including phenoxy) is 1. The molecule has 0 aliphatic carbocycles. The summed E-state index contributed by atoms with van der Waals surface area (Å²) in [5, 5.41) is 0. The number of hydrogen-bond acceptors (Lipinski definition) is 3. The summed E-state index contributed by atoms with van der Waals surface area (Å²) in [5.74, 6) is 0.426. The highest BCUT2D eigenvalue weighted by atomic mass is 19.4. The SMILES string of the molecule is COc1ccc(Cn2c(C(F)(F)F)cccc2=O)cc1N. The molecule has 2 aromatic rings. The monoisotopic (exact) mass is 298 g/mol. The van der Waals surface area contributed by atoms with Crippen molar-refractivity contribution in [1.82, 2.24) is 4.57 Å². The average molecular weight is 298 g/mol. The van der Waals surface area contributed by atoms with E-state index in [9.17, 15) is 18.0 Å². The lowest BCUT2D eigenvalue weighted by Gasteiger charge is -2.15. The van der Waals surface area contributed by atoms with Gasteiger partial charge in [-0.15, -0.1) is 0 Å². The first-order valence-corrected chi connectivity index (χ1v) is 6.02. The van der Waals surface area contributed by atoms with Crippen molar-refractivity contribution < 1.29 is 17.9 Å². The third-order valence-electron chi connectivity index (χ3n) is 2.97. The largest absolute Gasteiger partial charge is 0.495 e. The topological polar surface area (TPSA) is 57.2 Å². The summed E-state index contributed by atoms with van der Waals surface area (Å²) in [6, 6.07) is 7.64. The lowest BCUT2D eigenvalue weighted by molar-refractivity contribution is -0.144. The second-order valence-electron chi connectivity index (χ2n) is 4.41. The smallest absolute Gasteiger partial charge is 0.431 e. The highest BCUT2D eigenvalue weighted by Gasteiger charge is 2.34. The Bertz CT molecular complexity index is 708. The van der Waals surface area contributed by atoms with Gasteiger partial charge in [-0.3, -0.25) is 9.36 Å². The number of benzene rings is 1. The molecule has 112 valence electrons. The number of anilines is 1. The standard InChI is InChI=1S/C14H13F3N2O2/c1-21-11-6-5-9(7-10(11)18)8-19-12(14(15,16)17)3-2-4-13(19)20/h2-7H,8,18H2,1H3. The molecule has 1 aromatic heterocycles. The quantitative estimate of drug-likeness (QED) is 0.886. The van der Waals surface area contributed by atoms with Crippen molar-refractivity contribution in [1.29, 1.82) is 0 Å². The summed E-state index contributed by atoms with van der Waals surface area (Å²) in [7, 11) is 1.44. The Hall–Kier alpha value is -2.44. The predicted octanol–water partition coefficient (Wildman–Crippen LogP) is 2.51. The zero-order valence-corrected chi connectivity index (χ0v) is 11.1. The molecule has 0 aliphatic rings. The summed E-state index contributed by atoms with van der Waals surface area (Å²) < 4.78 is 44.4. The molecule has 0 bridgehead atoms. The van der Waals surface area contributed by atoms with Crippen LogP contribution in [0.5, 0.6) is 5.75 Å². The molecule has 0 radical (unpaired) electrons. The van der Waals surface area contributed by atoms with Crippen LogP contribution in [0.15, 0.2) is 41.2 Å². The molecule has 21 heavy (non-hydrogen) atoms. The van der Waals surface area contributed by atoms with Crippen LogP contribution in [0.1, 0.15) is 11.3 Å². The van der Waals surface area contributed by atoms with Gasteiger partial charge in [0, 0.05) is 6.07 Å². The molecule has 1 aromatic carbocycles. The van der Waals surface area contributed by atoms with Crippen molar-refractivity contribution in [2.45, 2.75) is 12.7 Å². The van der Waals surface area contributed by atoms with Gasteiger partial charge < -0.3 is 10.5 Å². The van der Waals surface area contributed by atoms with E-state index in [1.807, 2.05) is 0 Å². The van der Waals surface area contributed by atoms with Gasteiger partial charge in [-0.05, 0) is 23.8 Å². The number of pyridine rings is 1. The van der Waals surface area contributed by atoms with Crippen LogP contribution in [-0.2, 0) is 12.7 Å². The van der Waals surface area contributed by atoms with E-state index in [2.05, 4.69) is 0 Å². The Morgan fingerprint density at radius 2 is 1.95 bits per heavy atom. The maximum Gasteiger partial charge on any atom is 0.431 e. The first kappa shape index (κ1) is 15.0. The van der Waals surface area contributed by atoms with Gasteiger partial charge in [-0.1, -0.05) is 12.1 Å². The van der Waals surface area contributed by atoms with E-state index in [0.717, 1.165) is 18.2 Å². The number of rotatable bonds is 3. The normalized spacial score (nSPS) is 11.4. The summed E-state index contributed by atoms with van der Waals surface area (Å²) in [6.45, 7) is -0.220. The Morgan fingerprint density at radius 1 is 1.24 bits per heavy atom. The maximum absolute atomic E-state index is 12.9. The molecule has 0 saturated carbocycles. The predicted molar refractivity (Wildman–Crippen MR) is 72.2 cm³/mol. The van der Waals surface area contributed by atoms with Crippen LogP contribution in [0, 0.1) is 0 Å². The third-order valence-corrected chi connectivity index (χ3v) is 2.97. The van der Waals surface area contributed by atoms with Gasteiger partial charge in [0.1, 0.15) is 11.4 Å². The van der Waals surface area contributed by atoms with Gasteiger partial charge in [-0.2, -0.15) is 13.2 Å². The second kappa shape index (κ2) is 5.51. The van der Waals surface area contributed by atoms with E-state index in [-0.39, 0.29) is 6.54 Å². The van der Waals surface area contributed by atoms with Crippen LogP contribution < -0.4 is 16.0 Å². The minimum absolute atomic E-state index is 0.220. The van der Waals surface area contributed by atoms with Crippen LogP contribution in [-0.4, -0.2) is 11.7 Å². The van der Waals surface area contributed by atoms with Gasteiger partial charge in [0.05, 0.1) is 19.3 Å². The molecule has 2 N–H and O–H groups in total. The van der Waals surface area contributed by atoms with E-state index in [0.29, 0.717) is 21.6 Å². The first-order chi connectivity index (χ1) is 9.82. The minimum Gasteiger partial charge on any atom is -0.495 e. The number of methoxy groups -OCH3 is 1. The molecular formula is C14H13F3N2O2. The van der Waals surface area contributed by atoms with Gasteiger partial charge in [0.25, 0.3) is 5.56 Å². The minimum atomic E-state index is -4.60. The number of nitrogens with zero attached hydrogens (tertiary/aromatic N) is 1. The van der Waals surface area contributed by atoms with Crippen LogP contribution in [0.25, 0.3) is 0 Å². The number of aromatic nitrogens is 1. The van der Waals surface area contributed by atoms with Crippen LogP contribution in [0.2, 0.25) is 0 Å². The Morgan fingerprint density at radius 3 is 2.52 bits per heavy atom. The van der Waals surface area contributed by atoms with E-state index < -0.39 is 17.4 Å². The van der Waals surface area contributed by atoms with Gasteiger partial charge in [0.2, 0.25) is 0 Å². The lowest BCUT2D eigenvalue weighted by Crippen LogP contribution is -2.27. The summed E-state index contributed by atoms with van der Waals surface area (Å²) >= 11 is 0. The van der Waals surface area contributed by atoms with Gasteiger partial charge in [0.15, 0.2) is 0 Å². The lowest BCUT2D eigenvalue weighted by atomic mass is 10.1. The van der Waals surface area contributed by atoms with Gasteiger partial charge >= 0.3 is 6.18 Å². The van der Waals surface area contributed by atoms with Crippen molar-refractivity contribution in [3.8, 4) is 5.75 Å². The highest BCUT2D eigenvalue weighted by molar-refractivity contribution is 5.54. The number of alkyl halides is 3. The molecular weight excluding hydrogens is 285 g/mol. The Kier molecular flexibility index (Phi) is 3.93. The van der Waals surface area contributed by atoms with Crippen molar-refractivity contribution in [2.24, 2.45) is 0 Å². The Labute approximate surface area is 118 Å². The molecule has 0 amide bonds. The zero-order valence-electron chi connectivity index (χ0n) is 11.1. The van der Waals surface area contributed by atoms with Gasteiger partial charge in [-0.25, -0.2) is 0 Å². The number of nitrogens with two attached hydrogens (primary N) is 1. The molecule has 0 spiro atoms. The Balaban J connectivity index is 2.45. The molecule has 0 fully saturated rings. The molecule has 0 aliphatic heterocycles. The summed E-state index contributed by atoms with van der Waals surface area (Å²) in [6.07, 6.45) is -4.60. The van der Waals surface area contributed by atoms with Crippen LogP contribution in [0.4, 0.5) is 18.9 Å². The zero-order chi connectivity index (χ0) is 15.6. The molecule has 1 heterocycles. The van der Waals surface area contributed by atoms with E-state index in [4.69, 9.17) is 10.5 Å². The van der Waals surface area contributed by atoms with Crippen LogP contribution >= 0.6 is 0 Å². The van der Waals surface area contributed by atoms with E-state index in [1.54, 1.807) is 12.1 Å².